The number of H-pyrrole nitrogens is 1. The van der Waals surface area contributed by atoms with Crippen molar-refractivity contribution in [2.45, 2.75) is 44.3 Å². The molecule has 8 nitrogen and oxygen atoms in total. The topological polar surface area (TPSA) is 109 Å². The van der Waals surface area contributed by atoms with Gasteiger partial charge in [0.15, 0.2) is 9.84 Å². The maximum absolute atomic E-state index is 12.9. The molecule has 0 saturated heterocycles. The molecule has 188 valence electrons. The summed E-state index contributed by atoms with van der Waals surface area (Å²) in [6.07, 6.45) is 0. The molecule has 0 radical (unpaired) electrons. The number of hydrogen-bond donors (Lipinski definition) is 1. The number of sulfone groups is 1. The minimum absolute atomic E-state index is 0.107. The van der Waals surface area contributed by atoms with Crippen molar-refractivity contribution in [2.24, 2.45) is 0 Å². The first kappa shape index (κ1) is 26.8. The Morgan fingerprint density at radius 1 is 1.17 bits per heavy atom. The summed E-state index contributed by atoms with van der Waals surface area (Å²) < 4.78 is 30.9. The second kappa shape index (κ2) is 11.7. The fraction of sp³-hybridized carbons (Fsp3) is 0.400. The van der Waals surface area contributed by atoms with Crippen LogP contribution in [-0.2, 0) is 20.3 Å². The van der Waals surface area contributed by atoms with Crippen molar-refractivity contribution in [3.8, 4) is 11.3 Å². The molecule has 0 aliphatic rings. The Kier molecular flexibility index (Phi) is 8.98. The lowest BCUT2D eigenvalue weighted by atomic mass is 10.0. The molecule has 0 unspecified atom stereocenters. The van der Waals surface area contributed by atoms with Crippen LogP contribution in [-0.4, -0.2) is 55.5 Å². The van der Waals surface area contributed by atoms with Crippen LogP contribution in [0.15, 0.2) is 51.5 Å². The number of hydrogen-bond acceptors (Lipinski definition) is 8. The molecule has 2 aromatic heterocycles. The third kappa shape index (κ3) is 6.65. The molecule has 0 spiro atoms. The summed E-state index contributed by atoms with van der Waals surface area (Å²) in [6, 6.07) is 9.66. The van der Waals surface area contributed by atoms with Gasteiger partial charge in [-0.25, -0.2) is 18.2 Å². The van der Waals surface area contributed by atoms with Gasteiger partial charge in [0.1, 0.15) is 17.4 Å². The Morgan fingerprint density at radius 2 is 1.86 bits per heavy atom. The Hall–Kier alpha value is -2.82. The number of nitrogens with zero attached hydrogens (tertiary/aromatic N) is 2. The number of benzene rings is 1. The molecule has 0 aliphatic carbocycles. The van der Waals surface area contributed by atoms with Gasteiger partial charge in [0.2, 0.25) is 0 Å². The largest absolute Gasteiger partial charge is 0.461 e. The number of likely N-dealkylation sites (N-methyl/N-ethyl adjacent to an activating group) is 1. The predicted octanol–water partition coefficient (Wildman–Crippen LogP) is 4.09. The number of nitrogens with one attached hydrogen (secondary N) is 1. The van der Waals surface area contributed by atoms with Crippen LogP contribution < -0.4 is 5.56 Å². The van der Waals surface area contributed by atoms with Crippen LogP contribution in [0.25, 0.3) is 11.3 Å². The standard InChI is InChI=1S/C25H31N3O5S2/c1-5-28(6-2)12-13-33-25(30)20-14-19(24(29)27-23(20)17(3)4)21-15-34-22(26-21)16-35(31,32)18-10-8-7-9-11-18/h7-11,14-15,17H,5-6,12-13,16H2,1-4H3,(H,27,29). The smallest absolute Gasteiger partial charge is 0.339 e. The highest BCUT2D eigenvalue weighted by Gasteiger charge is 2.22. The number of pyridine rings is 1. The number of aromatic nitrogens is 2. The molecule has 3 aromatic rings. The van der Waals surface area contributed by atoms with Gasteiger partial charge >= 0.3 is 5.97 Å². The molecule has 1 aromatic carbocycles. The third-order valence-corrected chi connectivity index (χ3v) is 8.32. The van der Waals surface area contributed by atoms with E-state index in [4.69, 9.17) is 4.74 Å². The average molecular weight is 518 g/mol. The number of carbonyl (C=O) groups excluding carboxylic acids is 1. The first-order chi connectivity index (χ1) is 16.7. The first-order valence-electron chi connectivity index (χ1n) is 11.6. The second-order valence-electron chi connectivity index (χ2n) is 8.36. The molecule has 0 atom stereocenters. The quantitative estimate of drug-likeness (QED) is 0.382. The van der Waals surface area contributed by atoms with E-state index in [0.717, 1.165) is 24.4 Å². The summed E-state index contributed by atoms with van der Waals surface area (Å²) in [4.78, 5) is 35.3. The number of carbonyl (C=O) groups is 1. The Bertz CT molecular complexity index is 1310. The van der Waals surface area contributed by atoms with Crippen LogP contribution in [0.2, 0.25) is 0 Å². The summed E-state index contributed by atoms with van der Waals surface area (Å²) in [5, 5.41) is 1.99. The zero-order valence-corrected chi connectivity index (χ0v) is 22.0. The highest BCUT2D eigenvalue weighted by Crippen LogP contribution is 2.26. The molecule has 0 fully saturated rings. The Balaban J connectivity index is 1.87. The summed E-state index contributed by atoms with van der Waals surface area (Å²) in [7, 11) is -3.57. The number of aromatic amines is 1. The van der Waals surface area contributed by atoms with Crippen LogP contribution >= 0.6 is 11.3 Å². The van der Waals surface area contributed by atoms with Gasteiger partial charge in [-0.15, -0.1) is 11.3 Å². The van der Waals surface area contributed by atoms with Crippen molar-refractivity contribution < 1.29 is 17.9 Å². The molecule has 0 bridgehead atoms. The fourth-order valence-corrected chi connectivity index (χ4v) is 6.06. The van der Waals surface area contributed by atoms with E-state index in [1.807, 2.05) is 27.7 Å². The van der Waals surface area contributed by atoms with E-state index >= 15 is 0 Å². The van der Waals surface area contributed by atoms with E-state index in [0.29, 0.717) is 22.9 Å². The van der Waals surface area contributed by atoms with Crippen molar-refractivity contribution in [3.63, 3.8) is 0 Å². The molecule has 2 heterocycles. The van der Waals surface area contributed by atoms with Crippen molar-refractivity contribution >= 4 is 27.1 Å². The molecular formula is C25H31N3O5S2. The van der Waals surface area contributed by atoms with E-state index in [1.54, 1.807) is 23.6 Å². The molecular weight excluding hydrogens is 486 g/mol. The number of esters is 1. The lowest BCUT2D eigenvalue weighted by Gasteiger charge is -2.18. The Morgan fingerprint density at radius 3 is 2.49 bits per heavy atom. The molecule has 0 amide bonds. The van der Waals surface area contributed by atoms with E-state index in [1.165, 1.54) is 18.2 Å². The number of ether oxygens (including phenoxy) is 1. The van der Waals surface area contributed by atoms with Gasteiger partial charge in [-0.05, 0) is 37.2 Å². The summed E-state index contributed by atoms with van der Waals surface area (Å²) in [5.74, 6) is -0.895. The van der Waals surface area contributed by atoms with Gasteiger partial charge in [-0.1, -0.05) is 45.9 Å². The molecule has 35 heavy (non-hydrogen) atoms. The monoisotopic (exact) mass is 517 g/mol. The van der Waals surface area contributed by atoms with Crippen LogP contribution in [0.4, 0.5) is 0 Å². The van der Waals surface area contributed by atoms with Gasteiger partial charge in [0, 0.05) is 17.6 Å². The molecule has 0 aliphatic heterocycles. The first-order valence-corrected chi connectivity index (χ1v) is 14.1. The van der Waals surface area contributed by atoms with Crippen LogP contribution in [0.5, 0.6) is 0 Å². The molecule has 1 N–H and O–H groups in total. The van der Waals surface area contributed by atoms with Crippen molar-refractivity contribution in [1.82, 2.24) is 14.9 Å². The second-order valence-corrected chi connectivity index (χ2v) is 11.3. The normalized spacial score (nSPS) is 11.8. The highest BCUT2D eigenvalue weighted by molar-refractivity contribution is 7.90. The van der Waals surface area contributed by atoms with Gasteiger partial charge in [0.25, 0.3) is 5.56 Å². The van der Waals surface area contributed by atoms with Crippen LogP contribution in [0.3, 0.4) is 0 Å². The molecule has 0 saturated carbocycles. The van der Waals surface area contributed by atoms with Crippen molar-refractivity contribution in [2.75, 3.05) is 26.2 Å². The summed E-state index contributed by atoms with van der Waals surface area (Å²) in [5.41, 5.74) is 0.900. The van der Waals surface area contributed by atoms with E-state index in [9.17, 15) is 18.0 Å². The van der Waals surface area contributed by atoms with Gasteiger partial charge < -0.3 is 14.6 Å². The zero-order valence-electron chi connectivity index (χ0n) is 20.4. The minimum Gasteiger partial charge on any atom is -0.461 e. The van der Waals surface area contributed by atoms with Gasteiger partial charge in [0.05, 0.1) is 21.7 Å². The summed E-state index contributed by atoms with van der Waals surface area (Å²) in [6.45, 7) is 10.4. The Labute approximate surface area is 209 Å². The van der Waals surface area contributed by atoms with Crippen LogP contribution in [0.1, 0.15) is 54.7 Å². The van der Waals surface area contributed by atoms with E-state index in [-0.39, 0.29) is 34.3 Å². The lowest BCUT2D eigenvalue weighted by Crippen LogP contribution is -2.28. The van der Waals surface area contributed by atoms with E-state index in [2.05, 4.69) is 14.9 Å². The SMILES string of the molecule is CCN(CC)CCOC(=O)c1cc(-c2csc(CS(=O)(=O)c3ccccc3)n2)c(=O)[nH]c1C(C)C. The third-order valence-electron chi connectivity index (χ3n) is 5.65. The molecule has 3 rings (SSSR count). The number of thiazole rings is 1. The molecule has 10 heteroatoms. The predicted molar refractivity (Wildman–Crippen MR) is 138 cm³/mol. The zero-order chi connectivity index (χ0) is 25.6. The van der Waals surface area contributed by atoms with Crippen molar-refractivity contribution in [3.05, 3.63) is 68.4 Å². The lowest BCUT2D eigenvalue weighted by molar-refractivity contribution is 0.0464. The van der Waals surface area contributed by atoms with E-state index < -0.39 is 21.4 Å². The average Bonchev–Trinajstić information content (AvgIpc) is 3.29. The summed E-state index contributed by atoms with van der Waals surface area (Å²) >= 11 is 1.16. The minimum atomic E-state index is -3.57. The highest BCUT2D eigenvalue weighted by atomic mass is 32.2. The van der Waals surface area contributed by atoms with Crippen LogP contribution in [0, 0.1) is 0 Å². The maximum atomic E-state index is 12.9. The van der Waals surface area contributed by atoms with Gasteiger partial charge in [-0.2, -0.15) is 0 Å². The maximum Gasteiger partial charge on any atom is 0.339 e. The fourth-order valence-electron chi connectivity index (χ4n) is 3.62. The van der Waals surface area contributed by atoms with Crippen molar-refractivity contribution in [1.29, 1.82) is 0 Å². The van der Waals surface area contributed by atoms with Gasteiger partial charge in [-0.3, -0.25) is 4.79 Å². The number of rotatable bonds is 11.